The number of amides is 2. The standard InChI is InChI=1S/C21H22N4O4/c1-4-19(27)24(2)20-21(28)25(16-11-7-5-9-14(16)23-20)13-18(26)22-15-10-6-8-12-17(15)29-3/h5-12H,4,13H2,1-3H3,(H,22,26). The summed E-state index contributed by atoms with van der Waals surface area (Å²) in [4.78, 5) is 43.4. The molecule has 1 heterocycles. The molecular formula is C21H22N4O4. The zero-order valence-corrected chi connectivity index (χ0v) is 16.5. The molecule has 0 aliphatic heterocycles. The molecule has 29 heavy (non-hydrogen) atoms. The van der Waals surface area contributed by atoms with E-state index in [4.69, 9.17) is 4.74 Å². The lowest BCUT2D eigenvalue weighted by molar-refractivity contribution is -0.118. The van der Waals surface area contributed by atoms with Gasteiger partial charge in [0.25, 0.3) is 5.56 Å². The molecule has 0 aliphatic carbocycles. The van der Waals surface area contributed by atoms with E-state index in [0.29, 0.717) is 22.5 Å². The number of hydrogen-bond acceptors (Lipinski definition) is 5. The average Bonchev–Trinajstić information content (AvgIpc) is 2.74. The largest absolute Gasteiger partial charge is 0.495 e. The minimum absolute atomic E-state index is 0.0133. The quantitative estimate of drug-likeness (QED) is 0.693. The minimum Gasteiger partial charge on any atom is -0.495 e. The molecule has 2 aromatic carbocycles. The van der Waals surface area contributed by atoms with Gasteiger partial charge in [0.05, 0.1) is 23.8 Å². The number of ether oxygens (including phenoxy) is 1. The summed E-state index contributed by atoms with van der Waals surface area (Å²) < 4.78 is 6.56. The van der Waals surface area contributed by atoms with Gasteiger partial charge in [-0.05, 0) is 24.3 Å². The number of carbonyl (C=O) groups is 2. The van der Waals surface area contributed by atoms with E-state index in [2.05, 4.69) is 10.3 Å². The molecule has 0 bridgehead atoms. The van der Waals surface area contributed by atoms with Crippen molar-refractivity contribution in [2.75, 3.05) is 24.4 Å². The molecule has 150 valence electrons. The highest BCUT2D eigenvalue weighted by Gasteiger charge is 2.19. The Morgan fingerprint density at radius 1 is 1.14 bits per heavy atom. The van der Waals surface area contributed by atoms with Crippen molar-refractivity contribution in [3.8, 4) is 5.75 Å². The monoisotopic (exact) mass is 394 g/mol. The van der Waals surface area contributed by atoms with E-state index in [-0.39, 0.29) is 24.7 Å². The molecule has 2 amide bonds. The van der Waals surface area contributed by atoms with E-state index in [1.807, 2.05) is 0 Å². The number of anilines is 2. The van der Waals surface area contributed by atoms with E-state index in [1.165, 1.54) is 23.6 Å². The Kier molecular flexibility index (Phi) is 5.92. The van der Waals surface area contributed by atoms with Crippen molar-refractivity contribution in [1.82, 2.24) is 9.55 Å². The van der Waals surface area contributed by atoms with Crippen molar-refractivity contribution in [2.45, 2.75) is 19.9 Å². The summed E-state index contributed by atoms with van der Waals surface area (Å²) in [5.74, 6) is -0.138. The molecule has 3 aromatic rings. The first-order chi connectivity index (χ1) is 14.0. The molecule has 0 saturated carbocycles. The maximum atomic E-state index is 13.1. The first-order valence-electron chi connectivity index (χ1n) is 9.15. The fourth-order valence-corrected chi connectivity index (χ4v) is 2.99. The van der Waals surface area contributed by atoms with Crippen LogP contribution >= 0.6 is 0 Å². The van der Waals surface area contributed by atoms with Crippen LogP contribution in [0.4, 0.5) is 11.5 Å². The van der Waals surface area contributed by atoms with Gasteiger partial charge in [0.15, 0.2) is 0 Å². The Balaban J connectivity index is 2.01. The van der Waals surface area contributed by atoms with Crippen LogP contribution in [0.15, 0.2) is 53.3 Å². The second-order valence-electron chi connectivity index (χ2n) is 6.37. The van der Waals surface area contributed by atoms with Crippen LogP contribution in [-0.4, -0.2) is 35.5 Å². The summed E-state index contributed by atoms with van der Waals surface area (Å²) in [6, 6.07) is 14.0. The number of rotatable bonds is 6. The van der Waals surface area contributed by atoms with E-state index < -0.39 is 11.5 Å². The predicted octanol–water partition coefficient (Wildman–Crippen LogP) is 2.42. The summed E-state index contributed by atoms with van der Waals surface area (Å²) in [7, 11) is 3.02. The molecule has 0 fully saturated rings. The third-order valence-corrected chi connectivity index (χ3v) is 4.51. The van der Waals surface area contributed by atoms with Crippen molar-refractivity contribution in [2.24, 2.45) is 0 Å². The van der Waals surface area contributed by atoms with Gasteiger partial charge in [0.2, 0.25) is 17.6 Å². The molecule has 0 unspecified atom stereocenters. The number of nitrogens with one attached hydrogen (secondary N) is 1. The fraction of sp³-hybridized carbons (Fsp3) is 0.238. The lowest BCUT2D eigenvalue weighted by Gasteiger charge is -2.18. The number of fused-ring (bicyclic) bond motifs is 1. The van der Waals surface area contributed by atoms with E-state index in [9.17, 15) is 14.4 Å². The smallest absolute Gasteiger partial charge is 0.294 e. The molecule has 0 spiro atoms. The minimum atomic E-state index is -0.511. The predicted molar refractivity (Wildman–Crippen MR) is 111 cm³/mol. The topological polar surface area (TPSA) is 93.5 Å². The first kappa shape index (κ1) is 20.1. The number of nitrogens with zero attached hydrogens (tertiary/aromatic N) is 3. The van der Waals surface area contributed by atoms with Gasteiger partial charge >= 0.3 is 0 Å². The average molecular weight is 394 g/mol. The van der Waals surface area contributed by atoms with Crippen molar-refractivity contribution < 1.29 is 14.3 Å². The zero-order valence-electron chi connectivity index (χ0n) is 16.5. The number of hydrogen-bond donors (Lipinski definition) is 1. The maximum Gasteiger partial charge on any atom is 0.294 e. The van der Waals surface area contributed by atoms with Crippen molar-refractivity contribution in [1.29, 1.82) is 0 Å². The molecule has 1 aromatic heterocycles. The maximum absolute atomic E-state index is 13.1. The van der Waals surface area contributed by atoms with E-state index >= 15 is 0 Å². The Morgan fingerprint density at radius 2 is 1.83 bits per heavy atom. The first-order valence-corrected chi connectivity index (χ1v) is 9.15. The summed E-state index contributed by atoms with van der Waals surface area (Å²) in [6.45, 7) is 1.47. The van der Waals surface area contributed by atoms with Gasteiger partial charge in [0, 0.05) is 13.5 Å². The highest BCUT2D eigenvalue weighted by molar-refractivity contribution is 5.94. The summed E-state index contributed by atoms with van der Waals surface area (Å²) in [5.41, 5.74) is 1.02. The SMILES string of the molecule is CCC(=O)N(C)c1nc2ccccc2n(CC(=O)Nc2ccccc2OC)c1=O. The normalized spacial score (nSPS) is 10.6. The van der Waals surface area contributed by atoms with E-state index in [1.54, 1.807) is 55.5 Å². The second-order valence-corrected chi connectivity index (χ2v) is 6.37. The fourth-order valence-electron chi connectivity index (χ4n) is 2.99. The molecular weight excluding hydrogens is 372 g/mol. The molecule has 8 nitrogen and oxygen atoms in total. The lowest BCUT2D eigenvalue weighted by atomic mass is 10.2. The van der Waals surface area contributed by atoms with Crippen LogP contribution in [0, 0.1) is 0 Å². The summed E-state index contributed by atoms with van der Waals surface area (Å²) in [6.07, 6.45) is 0.235. The van der Waals surface area contributed by atoms with Crippen LogP contribution in [0.25, 0.3) is 11.0 Å². The van der Waals surface area contributed by atoms with Crippen molar-refractivity contribution in [3.63, 3.8) is 0 Å². The van der Waals surface area contributed by atoms with Crippen LogP contribution in [0.5, 0.6) is 5.75 Å². The molecule has 8 heteroatoms. The van der Waals surface area contributed by atoms with Crippen LogP contribution in [0.3, 0.4) is 0 Å². The van der Waals surface area contributed by atoms with Gasteiger partial charge in [-0.25, -0.2) is 4.98 Å². The van der Waals surface area contributed by atoms with Crippen LogP contribution in [-0.2, 0) is 16.1 Å². The van der Waals surface area contributed by atoms with Gasteiger partial charge < -0.3 is 10.1 Å². The van der Waals surface area contributed by atoms with Gasteiger partial charge in [-0.2, -0.15) is 0 Å². The van der Waals surface area contributed by atoms with Crippen molar-refractivity contribution in [3.05, 3.63) is 58.9 Å². The number of carbonyl (C=O) groups excluding carboxylic acids is 2. The molecule has 3 rings (SSSR count). The van der Waals surface area contributed by atoms with E-state index in [0.717, 1.165) is 0 Å². The highest BCUT2D eigenvalue weighted by atomic mass is 16.5. The third kappa shape index (κ3) is 4.11. The lowest BCUT2D eigenvalue weighted by Crippen LogP contribution is -2.36. The van der Waals surface area contributed by atoms with Gasteiger partial charge in [-0.1, -0.05) is 31.2 Å². The number of benzene rings is 2. The molecule has 0 radical (unpaired) electrons. The van der Waals surface area contributed by atoms with Crippen molar-refractivity contribution >= 4 is 34.4 Å². The van der Waals surface area contributed by atoms with Gasteiger partial charge in [-0.3, -0.25) is 23.9 Å². The Labute approximate surface area is 167 Å². The molecule has 1 N–H and O–H groups in total. The van der Waals surface area contributed by atoms with Gasteiger partial charge in [0.1, 0.15) is 12.3 Å². The zero-order chi connectivity index (χ0) is 21.0. The van der Waals surface area contributed by atoms with Crippen LogP contribution < -0.4 is 20.5 Å². The number of para-hydroxylation sites is 4. The Hall–Kier alpha value is -3.68. The Bertz CT molecular complexity index is 1120. The Morgan fingerprint density at radius 3 is 2.55 bits per heavy atom. The molecule has 0 aliphatic rings. The summed E-state index contributed by atoms with van der Waals surface area (Å²) >= 11 is 0. The molecule has 0 atom stereocenters. The summed E-state index contributed by atoms with van der Waals surface area (Å²) in [5, 5.41) is 2.76. The van der Waals surface area contributed by atoms with Crippen LogP contribution in [0.1, 0.15) is 13.3 Å². The second kappa shape index (κ2) is 8.55. The highest BCUT2D eigenvalue weighted by Crippen LogP contribution is 2.23. The van der Waals surface area contributed by atoms with Gasteiger partial charge in [-0.15, -0.1) is 0 Å². The molecule has 0 saturated heterocycles. The third-order valence-electron chi connectivity index (χ3n) is 4.51. The number of methoxy groups -OCH3 is 1. The van der Waals surface area contributed by atoms with Crippen LogP contribution in [0.2, 0.25) is 0 Å². The number of aromatic nitrogens is 2.